The van der Waals surface area contributed by atoms with Crippen molar-refractivity contribution in [1.82, 2.24) is 0 Å². The van der Waals surface area contributed by atoms with Crippen LogP contribution in [0.15, 0.2) is 152 Å². The summed E-state index contributed by atoms with van der Waals surface area (Å²) < 4.78 is 0. The van der Waals surface area contributed by atoms with Gasteiger partial charge in [0, 0.05) is 34.1 Å². The minimum absolute atomic E-state index is 1.13. The van der Waals surface area contributed by atoms with Gasteiger partial charge in [-0.15, -0.1) is 0 Å². The maximum Gasteiger partial charge on any atom is 0.0462 e. The average Bonchev–Trinajstić information content (AvgIpc) is 3.19. The van der Waals surface area contributed by atoms with E-state index < -0.39 is 0 Å². The summed E-state index contributed by atoms with van der Waals surface area (Å²) in [5, 5.41) is 0. The third-order valence-electron chi connectivity index (χ3n) is 10.4. The number of hydrogen-bond donors (Lipinski definition) is 0. The highest BCUT2D eigenvalue weighted by Gasteiger charge is 2.14. The highest BCUT2D eigenvalue weighted by atomic mass is 15.1. The molecule has 0 heterocycles. The van der Waals surface area contributed by atoms with Crippen LogP contribution >= 0.6 is 0 Å². The smallest absolute Gasteiger partial charge is 0.0462 e. The Hall–Kier alpha value is -6.38. The third kappa shape index (κ3) is 8.56. The molecule has 2 heteroatoms. The maximum atomic E-state index is 2.32. The largest absolute Gasteiger partial charge is 0.311 e. The van der Waals surface area contributed by atoms with Crippen LogP contribution in [0, 0.1) is 48.5 Å². The number of benzene rings is 7. The molecule has 0 saturated heterocycles. The molecule has 7 rings (SSSR count). The highest BCUT2D eigenvalue weighted by Crippen LogP contribution is 2.37. The van der Waals surface area contributed by atoms with Crippen molar-refractivity contribution >= 4 is 58.4 Å². The lowest BCUT2D eigenvalue weighted by atomic mass is 9.92. The molecule has 0 aliphatic carbocycles. The first-order valence-corrected chi connectivity index (χ1v) is 19.2. The van der Waals surface area contributed by atoms with Crippen molar-refractivity contribution in [1.29, 1.82) is 0 Å². The minimum Gasteiger partial charge on any atom is -0.311 e. The molecule has 0 saturated carbocycles. The Morgan fingerprint density at radius 1 is 0.291 bits per heavy atom. The van der Waals surface area contributed by atoms with E-state index in [-0.39, 0.29) is 0 Å². The number of anilines is 6. The molecule has 55 heavy (non-hydrogen) atoms. The summed E-state index contributed by atoms with van der Waals surface area (Å²) in [6.45, 7) is 15.2. The van der Waals surface area contributed by atoms with E-state index in [1.165, 1.54) is 61.2 Å². The van der Waals surface area contributed by atoms with Gasteiger partial charge in [0.25, 0.3) is 0 Å². The van der Waals surface area contributed by atoms with Crippen LogP contribution in [0.1, 0.15) is 61.2 Å². The summed E-state index contributed by atoms with van der Waals surface area (Å²) in [5.41, 5.74) is 20.5. The van der Waals surface area contributed by atoms with Gasteiger partial charge in [-0.3, -0.25) is 0 Å². The summed E-state index contributed by atoms with van der Waals surface area (Å²) >= 11 is 0. The van der Waals surface area contributed by atoms with Crippen molar-refractivity contribution in [2.75, 3.05) is 9.80 Å². The van der Waals surface area contributed by atoms with Crippen molar-refractivity contribution in [3.63, 3.8) is 0 Å². The molecule has 0 spiro atoms. The number of aryl methyl sites for hydroxylation is 6. The summed E-state index contributed by atoms with van der Waals surface area (Å²) in [7, 11) is 0. The molecule has 0 fully saturated rings. The molecule has 0 aliphatic rings. The lowest BCUT2D eigenvalue weighted by Crippen LogP contribution is -2.09. The van der Waals surface area contributed by atoms with E-state index in [9.17, 15) is 0 Å². The number of nitrogens with zero attached hydrogens (tertiary/aromatic N) is 2. The molecular weight excluding hydrogens is 665 g/mol. The second kappa shape index (κ2) is 16.3. The molecule has 272 valence electrons. The fraction of sp³-hybridized carbons (Fsp3) is 0.132. The zero-order chi connectivity index (χ0) is 38.5. The van der Waals surface area contributed by atoms with Crippen LogP contribution in [0.5, 0.6) is 0 Å². The molecule has 2 nitrogen and oxygen atoms in total. The molecule has 7 aromatic carbocycles. The quantitative estimate of drug-likeness (QED) is 0.130. The topological polar surface area (TPSA) is 6.48 Å². The molecule has 0 radical (unpaired) electrons. The predicted molar refractivity (Wildman–Crippen MR) is 240 cm³/mol. The first-order valence-electron chi connectivity index (χ1n) is 19.2. The van der Waals surface area contributed by atoms with Crippen LogP contribution in [0.25, 0.3) is 24.3 Å². The molecule has 0 amide bonds. The fourth-order valence-electron chi connectivity index (χ4n) is 7.23. The van der Waals surface area contributed by atoms with Gasteiger partial charge in [-0.05, 0) is 160 Å². The maximum absolute atomic E-state index is 2.32. The molecule has 0 unspecified atom stereocenters. The van der Waals surface area contributed by atoms with Crippen molar-refractivity contribution < 1.29 is 0 Å². The zero-order valence-corrected chi connectivity index (χ0v) is 33.1. The fourth-order valence-corrected chi connectivity index (χ4v) is 7.23. The first kappa shape index (κ1) is 37.0. The average molecular weight is 715 g/mol. The molecular formula is C53H50N2. The van der Waals surface area contributed by atoms with Gasteiger partial charge in [0.15, 0.2) is 0 Å². The van der Waals surface area contributed by atoms with Crippen LogP contribution in [0.3, 0.4) is 0 Å². The van der Waals surface area contributed by atoms with Gasteiger partial charge in [0.2, 0.25) is 0 Å². The van der Waals surface area contributed by atoms with Crippen molar-refractivity contribution in [2.24, 2.45) is 0 Å². The van der Waals surface area contributed by atoms with Crippen LogP contribution in [-0.4, -0.2) is 0 Å². The summed E-state index contributed by atoms with van der Waals surface area (Å²) in [4.78, 5) is 4.63. The van der Waals surface area contributed by atoms with Gasteiger partial charge in [-0.25, -0.2) is 0 Å². The summed E-state index contributed by atoms with van der Waals surface area (Å²) in [5.74, 6) is 0. The van der Waals surface area contributed by atoms with E-state index >= 15 is 0 Å². The highest BCUT2D eigenvalue weighted by molar-refractivity contribution is 5.82. The van der Waals surface area contributed by atoms with E-state index in [0.717, 1.165) is 34.1 Å². The number of hydrogen-bond acceptors (Lipinski definition) is 2. The van der Waals surface area contributed by atoms with Gasteiger partial charge in [0.05, 0.1) is 0 Å². The van der Waals surface area contributed by atoms with Gasteiger partial charge in [-0.1, -0.05) is 125 Å². The van der Waals surface area contributed by atoms with Gasteiger partial charge >= 0.3 is 0 Å². The van der Waals surface area contributed by atoms with Crippen LogP contribution in [0.2, 0.25) is 0 Å². The van der Waals surface area contributed by atoms with Gasteiger partial charge < -0.3 is 9.80 Å². The lowest BCUT2D eigenvalue weighted by Gasteiger charge is -2.26. The standard InChI is InChI=1S/C53H50N2/c1-37-8-22-46(23-9-37)54(47-24-10-38(2)11-25-47)50-30-16-44(17-31-50)20-34-52-41(5)36-42(6)53(43(52)7)35-21-45-18-32-51(33-19-45)55(48-26-12-39(3)13-27-48)49-28-14-40(4)15-29-49/h8-36H,1-7H3/b34-20+,35-21+. The SMILES string of the molecule is Cc1ccc(N(c2ccc(C)cc2)c2ccc(/C=C/c3c(C)cc(C)c(/C=C/c4ccc(N(c5ccc(C)cc5)c5ccc(C)cc5)cc4)c3C)cc2)cc1. The van der Waals surface area contributed by atoms with Crippen molar-refractivity contribution in [3.8, 4) is 0 Å². The van der Waals surface area contributed by atoms with Crippen LogP contribution in [-0.2, 0) is 0 Å². The zero-order valence-electron chi connectivity index (χ0n) is 33.1. The molecule has 7 aromatic rings. The van der Waals surface area contributed by atoms with Crippen LogP contribution < -0.4 is 9.80 Å². The molecule has 0 atom stereocenters. The van der Waals surface area contributed by atoms with Gasteiger partial charge in [-0.2, -0.15) is 0 Å². The molecule has 0 aliphatic heterocycles. The number of rotatable bonds is 10. The normalized spacial score (nSPS) is 11.4. The molecule has 0 bridgehead atoms. The monoisotopic (exact) mass is 714 g/mol. The second-order valence-corrected chi connectivity index (χ2v) is 14.8. The Labute approximate surface area is 328 Å². The van der Waals surface area contributed by atoms with Crippen molar-refractivity contribution in [2.45, 2.75) is 48.5 Å². The van der Waals surface area contributed by atoms with Crippen molar-refractivity contribution in [3.05, 3.63) is 213 Å². The van der Waals surface area contributed by atoms with Gasteiger partial charge in [0.1, 0.15) is 0 Å². The Bertz CT molecular complexity index is 2170. The van der Waals surface area contributed by atoms with Crippen LogP contribution in [0.4, 0.5) is 34.1 Å². The lowest BCUT2D eigenvalue weighted by molar-refractivity contribution is 1.27. The summed E-state index contributed by atoms with van der Waals surface area (Å²) in [6.07, 6.45) is 9.01. The molecule has 0 N–H and O–H groups in total. The second-order valence-electron chi connectivity index (χ2n) is 14.8. The predicted octanol–water partition coefficient (Wildman–Crippen LogP) is 15.1. The Balaban J connectivity index is 1.12. The Morgan fingerprint density at radius 3 is 0.782 bits per heavy atom. The molecule has 0 aromatic heterocycles. The van der Waals surface area contributed by atoms with E-state index in [1.54, 1.807) is 0 Å². The summed E-state index contributed by atoms with van der Waals surface area (Å²) in [6, 6.07) is 55.0. The third-order valence-corrected chi connectivity index (χ3v) is 10.4. The van der Waals surface area contributed by atoms with E-state index in [2.05, 4.69) is 234 Å². The first-order chi connectivity index (χ1) is 26.6. The van der Waals surface area contributed by atoms with E-state index in [1.807, 2.05) is 0 Å². The van der Waals surface area contributed by atoms with E-state index in [4.69, 9.17) is 0 Å². The Morgan fingerprint density at radius 2 is 0.527 bits per heavy atom. The minimum atomic E-state index is 1.13. The van der Waals surface area contributed by atoms with E-state index in [0.29, 0.717) is 0 Å². The Kier molecular flexibility index (Phi) is 11.0.